The van der Waals surface area contributed by atoms with Crippen LogP contribution in [0.25, 0.3) is 16.9 Å². The molecule has 6 heteroatoms. The van der Waals surface area contributed by atoms with Gasteiger partial charge in [-0.25, -0.2) is 4.98 Å². The molecule has 2 heterocycles. The molecule has 5 nitrogen and oxygen atoms in total. The maximum Gasteiger partial charge on any atom is 0.173 e. The van der Waals surface area contributed by atoms with Gasteiger partial charge in [-0.15, -0.1) is 0 Å². The number of para-hydroxylation sites is 1. The molecule has 0 bridgehead atoms. The molecule has 1 aromatic heterocycles. The van der Waals surface area contributed by atoms with Crippen LogP contribution in [0.5, 0.6) is 11.5 Å². The Labute approximate surface area is 191 Å². The van der Waals surface area contributed by atoms with Crippen LogP contribution in [0, 0.1) is 6.92 Å². The van der Waals surface area contributed by atoms with E-state index in [9.17, 15) is 4.79 Å². The van der Waals surface area contributed by atoms with Crippen molar-refractivity contribution in [2.45, 2.75) is 12.1 Å². The number of ketones is 1. The lowest BCUT2D eigenvalue weighted by molar-refractivity contribution is 0.102. The van der Waals surface area contributed by atoms with Gasteiger partial charge in [0.25, 0.3) is 0 Å². The Morgan fingerprint density at radius 2 is 1.72 bits per heavy atom. The topological polar surface area (TPSA) is 53.4 Å². The van der Waals surface area contributed by atoms with Crippen LogP contribution < -0.4 is 9.47 Å². The molecule has 0 unspecified atom stereocenters. The number of thioether (sulfide) groups is 1. The fourth-order valence-electron chi connectivity index (χ4n) is 3.65. The van der Waals surface area contributed by atoms with Crippen LogP contribution in [-0.4, -0.2) is 34.3 Å². The number of aromatic nitrogens is 2. The van der Waals surface area contributed by atoms with Crippen molar-refractivity contribution in [3.8, 4) is 28.4 Å². The molecule has 0 amide bonds. The lowest BCUT2D eigenvalue weighted by Crippen LogP contribution is -2.16. The monoisotopic (exact) mass is 442 g/mol. The molecule has 0 spiro atoms. The van der Waals surface area contributed by atoms with Gasteiger partial charge >= 0.3 is 0 Å². The van der Waals surface area contributed by atoms with Crippen LogP contribution in [-0.2, 0) is 0 Å². The second-order valence-corrected chi connectivity index (χ2v) is 8.44. The van der Waals surface area contributed by atoms with Crippen LogP contribution in [0.1, 0.15) is 15.9 Å². The van der Waals surface area contributed by atoms with E-state index in [0.717, 1.165) is 27.7 Å². The molecule has 0 radical (unpaired) electrons. The van der Waals surface area contributed by atoms with E-state index in [0.29, 0.717) is 30.3 Å². The maximum atomic E-state index is 12.9. The van der Waals surface area contributed by atoms with Crippen LogP contribution >= 0.6 is 11.8 Å². The van der Waals surface area contributed by atoms with Gasteiger partial charge in [-0.05, 0) is 36.8 Å². The molecule has 1 aliphatic heterocycles. The van der Waals surface area contributed by atoms with E-state index in [-0.39, 0.29) is 11.5 Å². The highest BCUT2D eigenvalue weighted by Crippen LogP contribution is 2.32. The third kappa shape index (κ3) is 4.14. The van der Waals surface area contributed by atoms with Gasteiger partial charge < -0.3 is 9.47 Å². The van der Waals surface area contributed by atoms with Gasteiger partial charge in [-0.3, -0.25) is 9.36 Å². The first-order chi connectivity index (χ1) is 15.7. The SMILES string of the molecule is Cc1ccccc1-n1cc(-c2ccccc2)nc1SCC(=O)c1ccc2c(c1)OCCO2. The molecule has 0 atom stereocenters. The van der Waals surface area contributed by atoms with Crippen molar-refractivity contribution in [2.75, 3.05) is 19.0 Å². The Hall–Kier alpha value is -3.51. The molecule has 0 saturated carbocycles. The number of benzene rings is 3. The molecule has 5 rings (SSSR count). The van der Waals surface area contributed by atoms with E-state index in [1.165, 1.54) is 11.8 Å². The van der Waals surface area contributed by atoms with Crippen molar-refractivity contribution in [3.63, 3.8) is 0 Å². The number of Topliss-reactive ketones (excluding diaryl/α,β-unsaturated/α-hetero) is 1. The highest BCUT2D eigenvalue weighted by atomic mass is 32.2. The number of aryl methyl sites for hydroxylation is 1. The summed E-state index contributed by atoms with van der Waals surface area (Å²) < 4.78 is 13.2. The predicted molar refractivity (Wildman–Crippen MR) is 126 cm³/mol. The first kappa shape index (κ1) is 20.4. The summed E-state index contributed by atoms with van der Waals surface area (Å²) in [6.07, 6.45) is 2.04. The fourth-order valence-corrected chi connectivity index (χ4v) is 4.53. The molecule has 1 aliphatic rings. The largest absolute Gasteiger partial charge is 0.486 e. The third-order valence-corrected chi connectivity index (χ3v) is 6.27. The quantitative estimate of drug-likeness (QED) is 0.288. The summed E-state index contributed by atoms with van der Waals surface area (Å²) in [6.45, 7) is 3.10. The van der Waals surface area contributed by atoms with Crippen molar-refractivity contribution in [1.82, 2.24) is 9.55 Å². The van der Waals surface area contributed by atoms with Crippen molar-refractivity contribution in [2.24, 2.45) is 0 Å². The van der Waals surface area contributed by atoms with Crippen molar-refractivity contribution >= 4 is 17.5 Å². The van der Waals surface area contributed by atoms with Gasteiger partial charge in [0.15, 0.2) is 22.4 Å². The summed E-state index contributed by atoms with van der Waals surface area (Å²) in [5.74, 6) is 1.60. The molecule has 0 saturated heterocycles. The smallest absolute Gasteiger partial charge is 0.173 e. The van der Waals surface area contributed by atoms with E-state index in [2.05, 4.69) is 23.6 Å². The number of imidazole rings is 1. The Balaban J connectivity index is 1.43. The average molecular weight is 443 g/mol. The Bertz CT molecular complexity index is 1270. The normalized spacial score (nSPS) is 12.5. The Kier molecular flexibility index (Phi) is 5.69. The molecular formula is C26H22N2O3S. The van der Waals surface area contributed by atoms with E-state index >= 15 is 0 Å². The average Bonchev–Trinajstić information content (AvgIpc) is 3.27. The number of carbonyl (C=O) groups excluding carboxylic acids is 1. The Morgan fingerprint density at radius 1 is 0.969 bits per heavy atom. The van der Waals surface area contributed by atoms with Crippen molar-refractivity contribution < 1.29 is 14.3 Å². The van der Waals surface area contributed by atoms with Gasteiger partial charge in [0.1, 0.15) is 13.2 Å². The molecule has 0 fully saturated rings. The third-order valence-electron chi connectivity index (χ3n) is 5.31. The maximum absolute atomic E-state index is 12.9. The minimum atomic E-state index is 0.0209. The zero-order chi connectivity index (χ0) is 21.9. The van der Waals surface area contributed by atoms with Crippen LogP contribution in [0.3, 0.4) is 0 Å². The summed E-state index contributed by atoms with van der Waals surface area (Å²) in [5.41, 5.74) is 4.72. The molecule has 0 N–H and O–H groups in total. The molecule has 0 aliphatic carbocycles. The number of nitrogens with zero attached hydrogens (tertiary/aromatic N) is 2. The van der Waals surface area contributed by atoms with Crippen LogP contribution in [0.2, 0.25) is 0 Å². The van der Waals surface area contributed by atoms with E-state index in [4.69, 9.17) is 14.5 Å². The minimum absolute atomic E-state index is 0.0209. The molecule has 32 heavy (non-hydrogen) atoms. The molecule has 160 valence electrons. The summed E-state index contributed by atoms with van der Waals surface area (Å²) >= 11 is 1.44. The van der Waals surface area contributed by atoms with Crippen LogP contribution in [0.15, 0.2) is 84.1 Å². The zero-order valence-electron chi connectivity index (χ0n) is 17.7. The van der Waals surface area contributed by atoms with E-state index in [1.807, 2.05) is 48.7 Å². The lowest BCUT2D eigenvalue weighted by atomic mass is 10.1. The first-order valence-corrected chi connectivity index (χ1v) is 11.4. The molecular weight excluding hydrogens is 420 g/mol. The van der Waals surface area contributed by atoms with Gasteiger partial charge in [-0.1, -0.05) is 60.3 Å². The second kappa shape index (κ2) is 8.93. The minimum Gasteiger partial charge on any atom is -0.486 e. The number of fused-ring (bicyclic) bond motifs is 1. The van der Waals surface area contributed by atoms with Gasteiger partial charge in [-0.2, -0.15) is 0 Å². The van der Waals surface area contributed by atoms with E-state index < -0.39 is 0 Å². The first-order valence-electron chi connectivity index (χ1n) is 10.5. The molecule has 3 aromatic carbocycles. The lowest BCUT2D eigenvalue weighted by Gasteiger charge is -2.18. The van der Waals surface area contributed by atoms with Crippen molar-refractivity contribution in [3.05, 3.63) is 90.1 Å². The fraction of sp³-hybridized carbons (Fsp3) is 0.154. The highest BCUT2D eigenvalue weighted by molar-refractivity contribution is 7.99. The summed E-state index contributed by atoms with van der Waals surface area (Å²) in [7, 11) is 0. The standard InChI is InChI=1S/C26H22N2O3S/c1-18-7-5-6-10-22(18)28-16-21(19-8-3-2-4-9-19)27-26(28)32-17-23(29)20-11-12-24-25(15-20)31-14-13-30-24/h2-12,15-16H,13-14,17H2,1H3. The number of hydrogen-bond acceptors (Lipinski definition) is 5. The number of carbonyl (C=O) groups is 1. The van der Waals surface area contributed by atoms with Crippen molar-refractivity contribution in [1.29, 1.82) is 0 Å². The van der Waals surface area contributed by atoms with Gasteiger partial charge in [0.05, 0.1) is 17.1 Å². The summed E-state index contributed by atoms with van der Waals surface area (Å²) in [5, 5.41) is 0.782. The van der Waals surface area contributed by atoms with Gasteiger partial charge in [0, 0.05) is 17.3 Å². The summed E-state index contributed by atoms with van der Waals surface area (Å²) in [6, 6.07) is 23.6. The molecule has 4 aromatic rings. The van der Waals surface area contributed by atoms with Gasteiger partial charge in [0.2, 0.25) is 0 Å². The number of rotatable bonds is 6. The van der Waals surface area contributed by atoms with E-state index in [1.54, 1.807) is 18.2 Å². The number of ether oxygens (including phenoxy) is 2. The number of hydrogen-bond donors (Lipinski definition) is 0. The zero-order valence-corrected chi connectivity index (χ0v) is 18.5. The predicted octanol–water partition coefficient (Wildman–Crippen LogP) is 5.59. The second-order valence-electron chi connectivity index (χ2n) is 7.50. The summed E-state index contributed by atoms with van der Waals surface area (Å²) in [4.78, 5) is 17.8. The Morgan fingerprint density at radius 3 is 2.53 bits per heavy atom. The van der Waals surface area contributed by atoms with Crippen LogP contribution in [0.4, 0.5) is 0 Å². The highest BCUT2D eigenvalue weighted by Gasteiger charge is 2.18.